The van der Waals surface area contributed by atoms with E-state index in [-0.39, 0.29) is 0 Å². The number of rotatable bonds is 3. The fraction of sp³-hybridized carbons (Fsp3) is 0.571. The molecule has 0 aromatic carbocycles. The molecule has 0 saturated carbocycles. The van der Waals surface area contributed by atoms with Gasteiger partial charge in [-0.1, -0.05) is 11.8 Å². The van der Waals surface area contributed by atoms with E-state index < -0.39 is 10.7 Å². The van der Waals surface area contributed by atoms with Crippen LogP contribution in [0.15, 0.2) is 11.5 Å². The third-order valence-electron chi connectivity index (χ3n) is 2.20. The zero-order chi connectivity index (χ0) is 10.9. The molecule has 0 spiro atoms. The van der Waals surface area contributed by atoms with Crippen molar-refractivity contribution in [1.29, 1.82) is 0 Å². The smallest absolute Gasteiger partial charge is 0.321 e. The van der Waals surface area contributed by atoms with Crippen LogP contribution in [-0.4, -0.2) is 42.2 Å². The average molecular weight is 246 g/mol. The number of thioether (sulfide) groups is 2. The van der Waals surface area contributed by atoms with Gasteiger partial charge < -0.3 is 10.9 Å². The SMILES string of the molecule is Nn1cnnc1SC1(C(=O)O)CCSC1. The lowest BCUT2D eigenvalue weighted by molar-refractivity contribution is -0.139. The molecule has 6 nitrogen and oxygen atoms in total. The first-order valence-corrected chi connectivity index (χ1v) is 6.26. The Kier molecular flexibility index (Phi) is 2.79. The quantitative estimate of drug-likeness (QED) is 0.727. The van der Waals surface area contributed by atoms with E-state index in [2.05, 4.69) is 10.2 Å². The molecule has 1 aliphatic heterocycles. The molecular formula is C7H10N4O2S2. The van der Waals surface area contributed by atoms with Crippen molar-refractivity contribution >= 4 is 29.5 Å². The summed E-state index contributed by atoms with van der Waals surface area (Å²) in [6.45, 7) is 0. The van der Waals surface area contributed by atoms with E-state index in [0.29, 0.717) is 17.3 Å². The highest BCUT2D eigenvalue weighted by Crippen LogP contribution is 2.42. The molecule has 82 valence electrons. The van der Waals surface area contributed by atoms with Gasteiger partial charge in [0.1, 0.15) is 11.1 Å². The van der Waals surface area contributed by atoms with Gasteiger partial charge in [-0.3, -0.25) is 4.79 Å². The number of carboxylic acids is 1. The molecule has 0 aliphatic carbocycles. The number of nitrogen functional groups attached to an aromatic ring is 1. The van der Waals surface area contributed by atoms with E-state index in [1.165, 1.54) is 22.8 Å². The zero-order valence-electron chi connectivity index (χ0n) is 7.79. The Hall–Kier alpha value is -0.890. The maximum absolute atomic E-state index is 11.2. The van der Waals surface area contributed by atoms with Crippen LogP contribution >= 0.6 is 23.5 Å². The minimum atomic E-state index is -0.805. The molecule has 2 rings (SSSR count). The Morgan fingerprint density at radius 3 is 3.07 bits per heavy atom. The summed E-state index contributed by atoms with van der Waals surface area (Å²) in [5.74, 6) is 6.19. The topological polar surface area (TPSA) is 94.0 Å². The Bertz CT molecular complexity index is 375. The van der Waals surface area contributed by atoms with Crippen LogP contribution < -0.4 is 5.84 Å². The number of aliphatic carboxylic acids is 1. The van der Waals surface area contributed by atoms with Crippen molar-refractivity contribution in [2.24, 2.45) is 0 Å². The average Bonchev–Trinajstić information content (AvgIpc) is 2.78. The number of aromatic nitrogens is 3. The van der Waals surface area contributed by atoms with E-state index in [4.69, 9.17) is 5.84 Å². The lowest BCUT2D eigenvalue weighted by Crippen LogP contribution is -2.35. The molecule has 15 heavy (non-hydrogen) atoms. The molecule has 1 unspecified atom stereocenters. The van der Waals surface area contributed by atoms with Gasteiger partial charge in [-0.2, -0.15) is 11.8 Å². The molecule has 1 saturated heterocycles. The van der Waals surface area contributed by atoms with E-state index in [9.17, 15) is 9.90 Å². The van der Waals surface area contributed by atoms with Gasteiger partial charge in [-0.15, -0.1) is 10.2 Å². The number of nitrogens with zero attached hydrogens (tertiary/aromatic N) is 3. The molecule has 8 heteroatoms. The second-order valence-electron chi connectivity index (χ2n) is 3.22. The summed E-state index contributed by atoms with van der Waals surface area (Å²) in [5.41, 5.74) is 0. The minimum Gasteiger partial charge on any atom is -0.480 e. The minimum absolute atomic E-state index is 0.444. The van der Waals surface area contributed by atoms with Gasteiger partial charge in [-0.05, 0) is 12.2 Å². The maximum atomic E-state index is 11.2. The summed E-state index contributed by atoms with van der Waals surface area (Å²) >= 11 is 2.82. The molecule has 1 aliphatic rings. The van der Waals surface area contributed by atoms with Crippen LogP contribution in [0.25, 0.3) is 0 Å². The van der Waals surface area contributed by atoms with Gasteiger partial charge in [0.15, 0.2) is 0 Å². The predicted octanol–water partition coefficient (Wildman–Crippen LogP) is 0.0443. The van der Waals surface area contributed by atoms with Crippen molar-refractivity contribution in [3.8, 4) is 0 Å². The normalized spacial score (nSPS) is 25.6. The van der Waals surface area contributed by atoms with Crippen molar-refractivity contribution in [2.45, 2.75) is 16.3 Å². The summed E-state index contributed by atoms with van der Waals surface area (Å²) in [5, 5.41) is 17.1. The van der Waals surface area contributed by atoms with Crippen molar-refractivity contribution in [1.82, 2.24) is 14.9 Å². The second-order valence-corrected chi connectivity index (χ2v) is 5.68. The van der Waals surface area contributed by atoms with Crippen LogP contribution in [0.3, 0.4) is 0 Å². The maximum Gasteiger partial charge on any atom is 0.321 e. The van der Waals surface area contributed by atoms with E-state index in [0.717, 1.165) is 5.75 Å². The molecule has 2 heterocycles. The largest absolute Gasteiger partial charge is 0.480 e. The molecule has 0 bridgehead atoms. The van der Waals surface area contributed by atoms with Gasteiger partial charge in [0, 0.05) is 5.75 Å². The summed E-state index contributed by atoms with van der Waals surface area (Å²) in [7, 11) is 0. The molecule has 0 radical (unpaired) electrons. The van der Waals surface area contributed by atoms with Crippen LogP contribution in [0.1, 0.15) is 6.42 Å². The Morgan fingerprint density at radius 2 is 2.60 bits per heavy atom. The predicted molar refractivity (Wildman–Crippen MR) is 58.3 cm³/mol. The number of nitrogens with two attached hydrogens (primary N) is 1. The zero-order valence-corrected chi connectivity index (χ0v) is 9.42. The lowest BCUT2D eigenvalue weighted by atomic mass is 10.1. The van der Waals surface area contributed by atoms with Gasteiger partial charge in [-0.25, -0.2) is 4.68 Å². The Labute approximate surface area is 94.6 Å². The highest BCUT2D eigenvalue weighted by Gasteiger charge is 2.44. The van der Waals surface area contributed by atoms with Gasteiger partial charge in [0.25, 0.3) is 0 Å². The summed E-state index contributed by atoms with van der Waals surface area (Å²) in [6.07, 6.45) is 1.99. The Morgan fingerprint density at radius 1 is 1.80 bits per heavy atom. The molecule has 1 aromatic rings. The second kappa shape index (κ2) is 3.93. The number of hydrogen-bond donors (Lipinski definition) is 2. The van der Waals surface area contributed by atoms with Crippen LogP contribution in [0.4, 0.5) is 0 Å². The number of carbonyl (C=O) groups is 1. The van der Waals surface area contributed by atoms with Crippen molar-refractivity contribution < 1.29 is 9.90 Å². The summed E-state index contributed by atoms with van der Waals surface area (Å²) < 4.78 is 0.452. The number of hydrogen-bond acceptors (Lipinski definition) is 6. The number of carboxylic acid groups (broad SMARTS) is 1. The molecule has 1 aromatic heterocycles. The van der Waals surface area contributed by atoms with Gasteiger partial charge in [0.2, 0.25) is 5.16 Å². The first-order valence-electron chi connectivity index (χ1n) is 4.29. The lowest BCUT2D eigenvalue weighted by Gasteiger charge is -2.20. The molecule has 1 fully saturated rings. The van der Waals surface area contributed by atoms with E-state index >= 15 is 0 Å². The monoisotopic (exact) mass is 246 g/mol. The Balaban J connectivity index is 2.21. The first kappa shape index (κ1) is 10.6. The summed E-state index contributed by atoms with van der Waals surface area (Å²) in [4.78, 5) is 11.2. The van der Waals surface area contributed by atoms with Crippen molar-refractivity contribution in [2.75, 3.05) is 17.3 Å². The fourth-order valence-electron chi connectivity index (χ4n) is 1.32. The van der Waals surface area contributed by atoms with E-state index in [1.54, 1.807) is 11.8 Å². The van der Waals surface area contributed by atoms with Crippen LogP contribution in [0.2, 0.25) is 0 Å². The molecule has 0 amide bonds. The first-order chi connectivity index (χ1) is 7.14. The van der Waals surface area contributed by atoms with Gasteiger partial charge in [0.05, 0.1) is 0 Å². The van der Waals surface area contributed by atoms with Crippen molar-refractivity contribution in [3.05, 3.63) is 6.33 Å². The van der Waals surface area contributed by atoms with Gasteiger partial charge >= 0.3 is 5.97 Å². The third kappa shape index (κ3) is 1.91. The third-order valence-corrected chi connectivity index (χ3v) is 4.96. The van der Waals surface area contributed by atoms with Crippen LogP contribution in [0.5, 0.6) is 0 Å². The molecule has 1 atom stereocenters. The molecule has 3 N–H and O–H groups in total. The fourth-order valence-corrected chi connectivity index (χ4v) is 4.05. The summed E-state index contributed by atoms with van der Waals surface area (Å²) in [6, 6.07) is 0. The van der Waals surface area contributed by atoms with Crippen LogP contribution in [-0.2, 0) is 4.79 Å². The standard InChI is InChI=1S/C7H10N4O2S2/c8-11-4-9-10-6(11)15-7(5(12)13)1-2-14-3-7/h4H,1-3,8H2,(H,12,13). The van der Waals surface area contributed by atoms with E-state index in [1.807, 2.05) is 0 Å². The highest BCUT2D eigenvalue weighted by molar-refractivity contribution is 8.05. The van der Waals surface area contributed by atoms with Crippen molar-refractivity contribution in [3.63, 3.8) is 0 Å². The molecular weight excluding hydrogens is 236 g/mol. The highest BCUT2D eigenvalue weighted by atomic mass is 32.2. The van der Waals surface area contributed by atoms with Crippen LogP contribution in [0, 0.1) is 0 Å².